The summed E-state index contributed by atoms with van der Waals surface area (Å²) in [7, 11) is 0. The Bertz CT molecular complexity index is 164. The number of hydrogen-bond acceptors (Lipinski definition) is 3. The van der Waals surface area contributed by atoms with Gasteiger partial charge in [-0.05, 0) is 6.08 Å². The van der Waals surface area contributed by atoms with Gasteiger partial charge >= 0.3 is 6.09 Å². The molecule has 0 atom stereocenters. The maximum absolute atomic E-state index is 10.0. The molecule has 56 valence electrons. The minimum Gasteiger partial charge on any atom is -0.445 e. The van der Waals surface area contributed by atoms with Crippen LogP contribution in [0.25, 0.3) is 0 Å². The molecule has 0 aliphatic heterocycles. The van der Waals surface area contributed by atoms with Crippen molar-refractivity contribution < 1.29 is 14.3 Å². The fraction of sp³-hybridized carbons (Fsp3) is 0.200. The number of primary amides is 2. The van der Waals surface area contributed by atoms with Crippen molar-refractivity contribution in [3.05, 3.63) is 12.2 Å². The Morgan fingerprint density at radius 3 is 2.40 bits per heavy atom. The van der Waals surface area contributed by atoms with E-state index in [1.54, 1.807) is 0 Å². The molecular formula is C5H8N2O3. The van der Waals surface area contributed by atoms with Crippen LogP contribution in [0.1, 0.15) is 0 Å². The van der Waals surface area contributed by atoms with Crippen molar-refractivity contribution in [1.82, 2.24) is 0 Å². The summed E-state index contributed by atoms with van der Waals surface area (Å²) in [5.41, 5.74) is 9.31. The predicted octanol–water partition coefficient (Wildman–Crippen LogP) is -0.877. The fourth-order valence-electron chi connectivity index (χ4n) is 0.295. The molecule has 4 N–H and O–H groups in total. The van der Waals surface area contributed by atoms with Crippen molar-refractivity contribution in [2.24, 2.45) is 11.5 Å². The highest BCUT2D eigenvalue weighted by atomic mass is 16.5. The van der Waals surface area contributed by atoms with Crippen molar-refractivity contribution in [2.75, 3.05) is 6.61 Å². The zero-order chi connectivity index (χ0) is 7.98. The SMILES string of the molecule is NC(=O)C=CCOC(N)=O. The number of ether oxygens (including phenoxy) is 1. The van der Waals surface area contributed by atoms with Crippen LogP contribution in [0, 0.1) is 0 Å². The summed E-state index contributed by atoms with van der Waals surface area (Å²) in [5, 5.41) is 0. The molecule has 0 saturated heterocycles. The molecule has 0 bridgehead atoms. The molecule has 0 aromatic heterocycles. The summed E-state index contributed by atoms with van der Waals surface area (Å²) in [6.45, 7) is -0.0295. The van der Waals surface area contributed by atoms with Crippen molar-refractivity contribution in [2.45, 2.75) is 0 Å². The zero-order valence-corrected chi connectivity index (χ0v) is 5.24. The number of hydrogen-bond donors (Lipinski definition) is 2. The van der Waals surface area contributed by atoms with Crippen LogP contribution in [0.15, 0.2) is 12.2 Å². The Morgan fingerprint density at radius 1 is 1.40 bits per heavy atom. The van der Waals surface area contributed by atoms with Crippen molar-refractivity contribution in [3.63, 3.8) is 0 Å². The molecule has 0 unspecified atom stereocenters. The first-order valence-electron chi connectivity index (χ1n) is 2.51. The van der Waals surface area contributed by atoms with Gasteiger partial charge in [-0.15, -0.1) is 0 Å². The fourth-order valence-corrected chi connectivity index (χ4v) is 0.295. The summed E-state index contributed by atoms with van der Waals surface area (Å²) in [6, 6.07) is 0. The minimum atomic E-state index is -0.880. The van der Waals surface area contributed by atoms with Gasteiger partial charge in [0.05, 0.1) is 0 Å². The number of rotatable bonds is 3. The standard InChI is InChI=1S/C5H8N2O3/c6-4(8)2-1-3-10-5(7)9/h1-2H,3H2,(H2,6,8)(H2,7,9). The lowest BCUT2D eigenvalue weighted by atomic mass is 10.5. The Morgan fingerprint density at radius 2 is 2.00 bits per heavy atom. The second-order valence-electron chi connectivity index (χ2n) is 1.43. The van der Waals surface area contributed by atoms with E-state index in [1.165, 1.54) is 6.08 Å². The van der Waals surface area contributed by atoms with E-state index in [0.717, 1.165) is 6.08 Å². The Labute approximate surface area is 57.6 Å². The maximum atomic E-state index is 10.0. The molecule has 5 heteroatoms. The van der Waals surface area contributed by atoms with E-state index in [1.807, 2.05) is 0 Å². The molecule has 0 fully saturated rings. The first-order chi connectivity index (χ1) is 4.63. The monoisotopic (exact) mass is 144 g/mol. The Balaban J connectivity index is 3.36. The van der Waals surface area contributed by atoms with Gasteiger partial charge in [-0.2, -0.15) is 0 Å². The molecule has 0 rings (SSSR count). The van der Waals surface area contributed by atoms with Gasteiger partial charge in [0.1, 0.15) is 6.61 Å². The molecule has 0 radical (unpaired) electrons. The summed E-state index contributed by atoms with van der Waals surface area (Å²) >= 11 is 0. The second kappa shape index (κ2) is 4.37. The van der Waals surface area contributed by atoms with Gasteiger partial charge in [-0.1, -0.05) is 0 Å². The molecule has 0 spiro atoms. The lowest BCUT2D eigenvalue weighted by Gasteiger charge is -1.92. The number of carbonyl (C=O) groups is 2. The molecule has 0 aromatic rings. The lowest BCUT2D eigenvalue weighted by Crippen LogP contribution is -2.13. The van der Waals surface area contributed by atoms with E-state index in [4.69, 9.17) is 5.73 Å². The summed E-state index contributed by atoms with van der Waals surface area (Å²) < 4.78 is 4.24. The highest BCUT2D eigenvalue weighted by molar-refractivity contribution is 5.85. The Hall–Kier alpha value is -1.52. The van der Waals surface area contributed by atoms with Crippen LogP contribution in [-0.2, 0) is 9.53 Å². The van der Waals surface area contributed by atoms with E-state index in [-0.39, 0.29) is 6.61 Å². The van der Waals surface area contributed by atoms with E-state index >= 15 is 0 Å². The van der Waals surface area contributed by atoms with Crippen LogP contribution < -0.4 is 11.5 Å². The topological polar surface area (TPSA) is 95.4 Å². The van der Waals surface area contributed by atoms with Crippen LogP contribution >= 0.6 is 0 Å². The molecule has 0 aliphatic carbocycles. The van der Waals surface area contributed by atoms with E-state index in [0.29, 0.717) is 0 Å². The molecule has 2 amide bonds. The molecule has 0 saturated carbocycles. The van der Waals surface area contributed by atoms with E-state index in [9.17, 15) is 9.59 Å². The van der Waals surface area contributed by atoms with Gasteiger partial charge in [0.15, 0.2) is 0 Å². The largest absolute Gasteiger partial charge is 0.445 e. The highest BCUT2D eigenvalue weighted by Gasteiger charge is 1.87. The smallest absolute Gasteiger partial charge is 0.404 e. The van der Waals surface area contributed by atoms with Gasteiger partial charge in [0.25, 0.3) is 0 Å². The molecule has 0 aromatic carbocycles. The Kier molecular flexibility index (Phi) is 3.70. The van der Waals surface area contributed by atoms with E-state index in [2.05, 4.69) is 10.5 Å². The number of carbonyl (C=O) groups excluding carboxylic acids is 2. The first kappa shape index (κ1) is 8.48. The summed E-state index contributed by atoms with van der Waals surface area (Å²) in [5.74, 6) is -0.590. The van der Waals surface area contributed by atoms with Crippen LogP contribution in [0.2, 0.25) is 0 Å². The number of amides is 2. The van der Waals surface area contributed by atoms with Crippen LogP contribution in [-0.4, -0.2) is 18.6 Å². The van der Waals surface area contributed by atoms with Gasteiger partial charge in [-0.3, -0.25) is 4.79 Å². The molecule has 0 heterocycles. The quantitative estimate of drug-likeness (QED) is 0.503. The number of nitrogens with two attached hydrogens (primary N) is 2. The predicted molar refractivity (Wildman–Crippen MR) is 33.9 cm³/mol. The normalized spacial score (nSPS) is 9.60. The third kappa shape index (κ3) is 6.48. The third-order valence-electron chi connectivity index (χ3n) is 0.604. The summed E-state index contributed by atoms with van der Waals surface area (Å²) in [4.78, 5) is 19.9. The average molecular weight is 144 g/mol. The maximum Gasteiger partial charge on any atom is 0.404 e. The zero-order valence-electron chi connectivity index (χ0n) is 5.24. The molecule has 0 aliphatic rings. The van der Waals surface area contributed by atoms with Crippen LogP contribution in [0.3, 0.4) is 0 Å². The summed E-state index contributed by atoms with van der Waals surface area (Å²) in [6.07, 6.45) is 1.50. The highest BCUT2D eigenvalue weighted by Crippen LogP contribution is 1.75. The first-order valence-corrected chi connectivity index (χ1v) is 2.51. The van der Waals surface area contributed by atoms with E-state index < -0.39 is 12.0 Å². The molecule has 5 nitrogen and oxygen atoms in total. The lowest BCUT2D eigenvalue weighted by molar-refractivity contribution is -0.113. The van der Waals surface area contributed by atoms with Gasteiger partial charge < -0.3 is 16.2 Å². The van der Waals surface area contributed by atoms with Gasteiger partial charge in [-0.25, -0.2) is 4.79 Å². The molecule has 10 heavy (non-hydrogen) atoms. The second-order valence-corrected chi connectivity index (χ2v) is 1.43. The van der Waals surface area contributed by atoms with Gasteiger partial charge in [0, 0.05) is 6.08 Å². The van der Waals surface area contributed by atoms with Crippen LogP contribution in [0.5, 0.6) is 0 Å². The van der Waals surface area contributed by atoms with Gasteiger partial charge in [0.2, 0.25) is 5.91 Å². The van der Waals surface area contributed by atoms with Crippen LogP contribution in [0.4, 0.5) is 4.79 Å². The van der Waals surface area contributed by atoms with Crippen molar-refractivity contribution in [1.29, 1.82) is 0 Å². The molecular weight excluding hydrogens is 136 g/mol. The third-order valence-corrected chi connectivity index (χ3v) is 0.604. The van der Waals surface area contributed by atoms with Crippen molar-refractivity contribution in [3.8, 4) is 0 Å². The average Bonchev–Trinajstić information content (AvgIpc) is 1.79. The minimum absolute atomic E-state index is 0.0295. The van der Waals surface area contributed by atoms with Crippen molar-refractivity contribution >= 4 is 12.0 Å².